The lowest BCUT2D eigenvalue weighted by molar-refractivity contribution is -0.140. The van der Waals surface area contributed by atoms with Crippen molar-refractivity contribution in [2.24, 2.45) is 0 Å². The fourth-order valence-electron chi connectivity index (χ4n) is 4.81. The van der Waals surface area contributed by atoms with E-state index in [1.165, 1.54) is 24.1 Å². The predicted octanol–water partition coefficient (Wildman–Crippen LogP) is 6.50. The third-order valence-corrected chi connectivity index (χ3v) is 10.1. The number of nitrogens with zero attached hydrogens (tertiary/aromatic N) is 2. The van der Waals surface area contributed by atoms with Gasteiger partial charge in [0.25, 0.3) is 10.0 Å². The van der Waals surface area contributed by atoms with Crippen molar-refractivity contribution in [1.29, 1.82) is 0 Å². The zero-order chi connectivity index (χ0) is 32.6. The number of benzene rings is 4. The van der Waals surface area contributed by atoms with E-state index in [-0.39, 0.29) is 23.8 Å². The van der Waals surface area contributed by atoms with Crippen LogP contribution in [0.1, 0.15) is 23.6 Å². The molecule has 236 valence electrons. The third-order valence-electron chi connectivity index (χ3n) is 7.20. The second kappa shape index (κ2) is 15.6. The van der Waals surface area contributed by atoms with Crippen molar-refractivity contribution in [2.75, 3.05) is 24.5 Å². The molecule has 0 saturated carbocycles. The van der Waals surface area contributed by atoms with E-state index in [1.54, 1.807) is 30.3 Å². The number of hydrogen-bond donors (Lipinski definition) is 1. The number of methoxy groups -OCH3 is 1. The number of ether oxygens (including phenoxy) is 1. The molecular weight excluding hydrogens is 722 g/mol. The molecule has 4 aromatic rings. The van der Waals surface area contributed by atoms with Crippen LogP contribution in [0.2, 0.25) is 0 Å². The number of aryl methyl sites for hydroxylation is 1. The number of hydrogen-bond acceptors (Lipinski definition) is 5. The number of anilines is 1. The van der Waals surface area contributed by atoms with Crippen LogP contribution < -0.4 is 14.4 Å². The molecule has 0 saturated heterocycles. The highest BCUT2D eigenvalue weighted by atomic mass is 79.9. The molecule has 0 aliphatic heterocycles. The first-order valence-corrected chi connectivity index (χ1v) is 17.3. The van der Waals surface area contributed by atoms with E-state index in [2.05, 4.69) is 37.2 Å². The molecule has 0 heterocycles. The van der Waals surface area contributed by atoms with Crippen LogP contribution in [-0.4, -0.2) is 51.4 Å². The van der Waals surface area contributed by atoms with Gasteiger partial charge < -0.3 is 15.0 Å². The minimum absolute atomic E-state index is 0.0208. The third kappa shape index (κ3) is 8.74. The number of rotatable bonds is 13. The number of amides is 2. The number of nitrogens with one attached hydrogen (secondary N) is 1. The van der Waals surface area contributed by atoms with E-state index in [0.29, 0.717) is 22.5 Å². The van der Waals surface area contributed by atoms with Crippen LogP contribution in [0, 0.1) is 6.92 Å². The van der Waals surface area contributed by atoms with Gasteiger partial charge in [0.05, 0.1) is 22.2 Å². The Morgan fingerprint density at radius 2 is 1.56 bits per heavy atom. The lowest BCUT2D eigenvalue weighted by Gasteiger charge is -2.34. The molecule has 1 atom stereocenters. The summed E-state index contributed by atoms with van der Waals surface area (Å²) in [6.07, 6.45) is 0.248. The summed E-state index contributed by atoms with van der Waals surface area (Å²) in [5, 5.41) is 2.87. The topological polar surface area (TPSA) is 96.0 Å². The summed E-state index contributed by atoms with van der Waals surface area (Å²) in [4.78, 5) is 29.5. The molecule has 0 radical (unpaired) electrons. The zero-order valence-electron chi connectivity index (χ0n) is 25.2. The van der Waals surface area contributed by atoms with Crippen LogP contribution in [-0.2, 0) is 32.6 Å². The van der Waals surface area contributed by atoms with Crippen molar-refractivity contribution < 1.29 is 22.7 Å². The van der Waals surface area contributed by atoms with Crippen LogP contribution in [0.3, 0.4) is 0 Å². The van der Waals surface area contributed by atoms with Gasteiger partial charge >= 0.3 is 0 Å². The summed E-state index contributed by atoms with van der Waals surface area (Å²) < 4.78 is 36.2. The molecule has 0 aromatic heterocycles. The maximum Gasteiger partial charge on any atom is 0.264 e. The van der Waals surface area contributed by atoms with Gasteiger partial charge in [0, 0.05) is 24.0 Å². The van der Waals surface area contributed by atoms with Crippen LogP contribution in [0.4, 0.5) is 5.69 Å². The maximum absolute atomic E-state index is 14.5. The first-order chi connectivity index (χ1) is 21.5. The smallest absolute Gasteiger partial charge is 0.264 e. The number of sulfonamides is 1. The van der Waals surface area contributed by atoms with Crippen molar-refractivity contribution in [3.8, 4) is 5.75 Å². The highest BCUT2D eigenvalue weighted by molar-refractivity contribution is 9.10. The number of halogens is 2. The molecule has 4 aromatic carbocycles. The van der Waals surface area contributed by atoms with E-state index in [4.69, 9.17) is 4.74 Å². The first kappa shape index (κ1) is 34.2. The first-order valence-electron chi connectivity index (χ1n) is 14.3. The highest BCUT2D eigenvalue weighted by Gasteiger charge is 2.34. The Bertz CT molecular complexity index is 1720. The van der Waals surface area contributed by atoms with E-state index in [1.807, 2.05) is 68.4 Å². The molecule has 4 rings (SSSR count). The number of likely N-dealkylation sites (N-methyl/N-ethyl adjacent to an activating group) is 1. The monoisotopic (exact) mass is 755 g/mol. The molecule has 0 aliphatic rings. The van der Waals surface area contributed by atoms with Crippen LogP contribution in [0.25, 0.3) is 0 Å². The molecular formula is C34H35Br2N3O5S. The summed E-state index contributed by atoms with van der Waals surface area (Å²) in [6.45, 7) is 3.65. The van der Waals surface area contributed by atoms with Gasteiger partial charge in [0.2, 0.25) is 11.8 Å². The Kier molecular flexibility index (Phi) is 11.8. The van der Waals surface area contributed by atoms with Gasteiger partial charge in [-0.1, -0.05) is 76.1 Å². The molecule has 8 nitrogen and oxygen atoms in total. The predicted molar refractivity (Wildman–Crippen MR) is 184 cm³/mol. The molecule has 1 N–H and O–H groups in total. The Morgan fingerprint density at radius 3 is 2.16 bits per heavy atom. The Morgan fingerprint density at radius 1 is 0.889 bits per heavy atom. The van der Waals surface area contributed by atoms with Gasteiger partial charge in [0.15, 0.2) is 0 Å². The van der Waals surface area contributed by atoms with Gasteiger partial charge in [-0.25, -0.2) is 8.42 Å². The zero-order valence-corrected chi connectivity index (χ0v) is 29.2. The fraction of sp³-hybridized carbons (Fsp3) is 0.235. The van der Waals surface area contributed by atoms with Gasteiger partial charge in [-0.2, -0.15) is 0 Å². The molecule has 45 heavy (non-hydrogen) atoms. The molecule has 0 fully saturated rings. The average Bonchev–Trinajstić information content (AvgIpc) is 3.03. The molecule has 0 aliphatic carbocycles. The molecule has 11 heteroatoms. The highest BCUT2D eigenvalue weighted by Crippen LogP contribution is 2.31. The molecule has 1 unspecified atom stereocenters. The number of carbonyl (C=O) groups is 2. The fourth-order valence-corrected chi connectivity index (χ4v) is 7.20. The van der Waals surface area contributed by atoms with Gasteiger partial charge in [-0.05, 0) is 83.4 Å². The molecule has 0 bridgehead atoms. The minimum Gasteiger partial charge on any atom is -0.496 e. The Labute approximate surface area is 281 Å². The van der Waals surface area contributed by atoms with Crippen molar-refractivity contribution in [2.45, 2.75) is 37.8 Å². The van der Waals surface area contributed by atoms with Gasteiger partial charge in [0.1, 0.15) is 18.3 Å². The molecule has 2 amide bonds. The van der Waals surface area contributed by atoms with Crippen molar-refractivity contribution in [1.82, 2.24) is 10.2 Å². The molecule has 0 spiro atoms. The van der Waals surface area contributed by atoms with E-state index >= 15 is 0 Å². The van der Waals surface area contributed by atoms with E-state index in [0.717, 1.165) is 25.5 Å². The Hall–Kier alpha value is -3.67. The maximum atomic E-state index is 14.5. The lowest BCUT2D eigenvalue weighted by Crippen LogP contribution is -2.53. The van der Waals surface area contributed by atoms with Gasteiger partial charge in [-0.3, -0.25) is 13.9 Å². The SMILES string of the molecule is CCNC(=O)C(Cc1ccccc1)N(Cc1ccc(Br)cc1)C(=O)CN(c1ccc(C)cc1)S(=O)(=O)c1ccc(OC)c(Br)c1. The minimum atomic E-state index is -4.24. The van der Waals surface area contributed by atoms with Crippen LogP contribution in [0.15, 0.2) is 111 Å². The standard InChI is InChI=1S/C34H35Br2N3O5S/c1-4-37-34(41)31(20-25-8-6-5-7-9-25)38(22-26-12-14-27(35)15-13-26)33(40)23-39(28-16-10-24(2)11-17-28)45(42,43)29-18-19-32(44-3)30(36)21-29/h5-19,21,31H,4,20,22-23H2,1-3H3,(H,37,41). The number of carbonyl (C=O) groups excluding carboxylic acids is 2. The van der Waals surface area contributed by atoms with Crippen molar-refractivity contribution >= 4 is 59.4 Å². The summed E-state index contributed by atoms with van der Waals surface area (Å²) in [5.41, 5.74) is 2.92. The van der Waals surface area contributed by atoms with Gasteiger partial charge in [-0.15, -0.1) is 0 Å². The van der Waals surface area contributed by atoms with Crippen LogP contribution >= 0.6 is 31.9 Å². The second-order valence-corrected chi connectivity index (χ2v) is 14.0. The van der Waals surface area contributed by atoms with E-state index < -0.39 is 28.5 Å². The summed E-state index contributed by atoms with van der Waals surface area (Å²) in [7, 11) is -2.75. The average molecular weight is 758 g/mol. The Balaban J connectivity index is 1.80. The van der Waals surface area contributed by atoms with Crippen molar-refractivity contribution in [3.63, 3.8) is 0 Å². The van der Waals surface area contributed by atoms with Crippen LogP contribution in [0.5, 0.6) is 5.75 Å². The normalized spacial score (nSPS) is 11.8. The van der Waals surface area contributed by atoms with E-state index in [9.17, 15) is 18.0 Å². The summed E-state index contributed by atoms with van der Waals surface area (Å²) in [5.74, 6) is -0.379. The quantitative estimate of drug-likeness (QED) is 0.168. The largest absolute Gasteiger partial charge is 0.496 e. The summed E-state index contributed by atoms with van der Waals surface area (Å²) in [6, 6.07) is 27.4. The second-order valence-electron chi connectivity index (χ2n) is 10.4. The summed E-state index contributed by atoms with van der Waals surface area (Å²) >= 11 is 6.83. The lowest BCUT2D eigenvalue weighted by atomic mass is 10.0. The van der Waals surface area contributed by atoms with Crippen molar-refractivity contribution in [3.05, 3.63) is 123 Å².